The van der Waals surface area contributed by atoms with Crippen LogP contribution in [0.2, 0.25) is 0 Å². The highest BCUT2D eigenvalue weighted by Crippen LogP contribution is 2.12. The first-order valence-corrected chi connectivity index (χ1v) is 5.23. The molecule has 0 aromatic carbocycles. The first kappa shape index (κ1) is 11.5. The number of nitrogens with zero attached hydrogens (tertiary/aromatic N) is 1. The molecule has 4 nitrogen and oxygen atoms in total. The van der Waals surface area contributed by atoms with E-state index in [0.29, 0.717) is 13.0 Å². The van der Waals surface area contributed by atoms with Gasteiger partial charge in [0.25, 0.3) is 0 Å². The highest BCUT2D eigenvalue weighted by Gasteiger charge is 2.19. The van der Waals surface area contributed by atoms with Crippen LogP contribution >= 0.6 is 0 Å². The maximum atomic E-state index is 10.6. The summed E-state index contributed by atoms with van der Waals surface area (Å²) < 4.78 is 0. The first-order valence-electron chi connectivity index (χ1n) is 5.23. The molecule has 1 aliphatic rings. The average molecular weight is 201 g/mol. The van der Waals surface area contributed by atoms with Crippen molar-refractivity contribution in [1.29, 1.82) is 0 Å². The summed E-state index contributed by atoms with van der Waals surface area (Å²) in [4.78, 5) is 12.7. The molecule has 2 atom stereocenters. The van der Waals surface area contributed by atoms with Crippen LogP contribution in [0, 0.1) is 5.92 Å². The van der Waals surface area contributed by atoms with Crippen LogP contribution in [0.1, 0.15) is 26.2 Å². The molecule has 2 N–H and O–H groups in total. The molecule has 0 aromatic rings. The van der Waals surface area contributed by atoms with E-state index in [0.717, 1.165) is 25.9 Å². The summed E-state index contributed by atoms with van der Waals surface area (Å²) in [5.41, 5.74) is 0. The number of aliphatic hydroxyl groups is 1. The molecule has 0 bridgehead atoms. The Morgan fingerprint density at radius 1 is 1.64 bits per heavy atom. The zero-order chi connectivity index (χ0) is 10.6. The standard InChI is InChI=1S/C10H19NO3/c1-8(10(13)14)4-6-11-5-2-3-9(12)7-11/h8-9,12H,2-7H2,1H3,(H,13,14)/t8?,9-/m1/s1. The van der Waals surface area contributed by atoms with Crippen LogP contribution < -0.4 is 0 Å². The molecule has 1 fully saturated rings. The van der Waals surface area contributed by atoms with Crippen LogP contribution in [0.4, 0.5) is 0 Å². The number of rotatable bonds is 4. The number of aliphatic carboxylic acids is 1. The minimum atomic E-state index is -0.734. The van der Waals surface area contributed by atoms with Crippen LogP contribution in [-0.2, 0) is 4.79 Å². The SMILES string of the molecule is CC(CCN1CCC[C@@H](O)C1)C(=O)O. The van der Waals surface area contributed by atoms with Gasteiger partial charge in [-0.15, -0.1) is 0 Å². The zero-order valence-electron chi connectivity index (χ0n) is 8.65. The number of carboxylic acid groups (broad SMARTS) is 1. The van der Waals surface area contributed by atoms with Crippen molar-refractivity contribution in [2.24, 2.45) is 5.92 Å². The van der Waals surface area contributed by atoms with E-state index in [1.54, 1.807) is 6.92 Å². The predicted molar refractivity (Wildman–Crippen MR) is 53.1 cm³/mol. The van der Waals surface area contributed by atoms with E-state index in [-0.39, 0.29) is 12.0 Å². The fourth-order valence-electron chi connectivity index (χ4n) is 1.73. The maximum absolute atomic E-state index is 10.6. The zero-order valence-corrected chi connectivity index (χ0v) is 8.65. The molecule has 14 heavy (non-hydrogen) atoms. The lowest BCUT2D eigenvalue weighted by Gasteiger charge is -2.30. The third-order valence-corrected chi connectivity index (χ3v) is 2.78. The second-order valence-corrected chi connectivity index (χ2v) is 4.12. The summed E-state index contributed by atoms with van der Waals surface area (Å²) >= 11 is 0. The molecule has 1 unspecified atom stereocenters. The van der Waals surface area contributed by atoms with Crippen LogP contribution in [0.25, 0.3) is 0 Å². The van der Waals surface area contributed by atoms with Crippen molar-refractivity contribution >= 4 is 5.97 Å². The summed E-state index contributed by atoms with van der Waals surface area (Å²) in [6, 6.07) is 0. The van der Waals surface area contributed by atoms with Crippen LogP contribution in [0.15, 0.2) is 0 Å². The van der Waals surface area contributed by atoms with Gasteiger partial charge in [0.2, 0.25) is 0 Å². The predicted octanol–water partition coefficient (Wildman–Crippen LogP) is 0.554. The van der Waals surface area contributed by atoms with Gasteiger partial charge < -0.3 is 15.1 Å². The van der Waals surface area contributed by atoms with E-state index in [1.807, 2.05) is 0 Å². The third-order valence-electron chi connectivity index (χ3n) is 2.78. The first-order chi connectivity index (χ1) is 6.59. The summed E-state index contributed by atoms with van der Waals surface area (Å²) in [6.45, 7) is 4.20. The lowest BCUT2D eigenvalue weighted by Crippen LogP contribution is -2.39. The Labute approximate surface area is 84.5 Å². The minimum Gasteiger partial charge on any atom is -0.481 e. The van der Waals surface area contributed by atoms with E-state index >= 15 is 0 Å². The molecular formula is C10H19NO3. The van der Waals surface area contributed by atoms with Crippen molar-refractivity contribution in [2.45, 2.75) is 32.3 Å². The summed E-state index contributed by atoms with van der Waals surface area (Å²) in [5.74, 6) is -1.02. The van der Waals surface area contributed by atoms with Crippen molar-refractivity contribution < 1.29 is 15.0 Å². The van der Waals surface area contributed by atoms with E-state index in [2.05, 4.69) is 4.90 Å². The molecule has 0 spiro atoms. The molecule has 0 aromatic heterocycles. The van der Waals surface area contributed by atoms with E-state index in [4.69, 9.17) is 5.11 Å². The van der Waals surface area contributed by atoms with Crippen molar-refractivity contribution in [3.8, 4) is 0 Å². The fraction of sp³-hybridized carbons (Fsp3) is 0.900. The summed E-state index contributed by atoms with van der Waals surface area (Å²) in [5, 5.41) is 18.1. The number of aliphatic hydroxyl groups excluding tert-OH is 1. The number of carbonyl (C=O) groups is 1. The molecule has 0 radical (unpaired) electrons. The number of hydrogen-bond donors (Lipinski definition) is 2. The highest BCUT2D eigenvalue weighted by molar-refractivity contribution is 5.69. The van der Waals surface area contributed by atoms with Crippen molar-refractivity contribution in [3.63, 3.8) is 0 Å². The molecule has 1 aliphatic heterocycles. The van der Waals surface area contributed by atoms with Crippen LogP contribution in [-0.4, -0.2) is 46.8 Å². The number of likely N-dealkylation sites (tertiary alicyclic amines) is 1. The van der Waals surface area contributed by atoms with E-state index in [1.165, 1.54) is 0 Å². The van der Waals surface area contributed by atoms with Gasteiger partial charge in [-0.05, 0) is 32.4 Å². The molecule has 0 aliphatic carbocycles. The maximum Gasteiger partial charge on any atom is 0.306 e. The monoisotopic (exact) mass is 201 g/mol. The lowest BCUT2D eigenvalue weighted by atomic mass is 10.1. The smallest absolute Gasteiger partial charge is 0.306 e. The van der Waals surface area contributed by atoms with Gasteiger partial charge in [-0.3, -0.25) is 4.79 Å². The van der Waals surface area contributed by atoms with E-state index in [9.17, 15) is 9.90 Å². The molecule has 4 heteroatoms. The minimum absolute atomic E-state index is 0.219. The van der Waals surface area contributed by atoms with Crippen molar-refractivity contribution in [1.82, 2.24) is 4.90 Å². The Bertz CT molecular complexity index is 196. The Hall–Kier alpha value is -0.610. The Morgan fingerprint density at radius 3 is 2.93 bits per heavy atom. The molecule has 1 saturated heterocycles. The van der Waals surface area contributed by atoms with Gasteiger partial charge in [0, 0.05) is 6.54 Å². The highest BCUT2D eigenvalue weighted by atomic mass is 16.4. The average Bonchev–Trinajstić information content (AvgIpc) is 2.14. The lowest BCUT2D eigenvalue weighted by molar-refractivity contribution is -0.141. The normalized spacial score (nSPS) is 26.0. The van der Waals surface area contributed by atoms with Gasteiger partial charge in [-0.25, -0.2) is 0 Å². The molecule has 82 valence electrons. The molecule has 1 heterocycles. The molecule has 0 saturated carbocycles. The van der Waals surface area contributed by atoms with Crippen LogP contribution in [0.5, 0.6) is 0 Å². The van der Waals surface area contributed by atoms with Crippen molar-refractivity contribution in [2.75, 3.05) is 19.6 Å². The largest absolute Gasteiger partial charge is 0.481 e. The van der Waals surface area contributed by atoms with Crippen LogP contribution in [0.3, 0.4) is 0 Å². The second-order valence-electron chi connectivity index (χ2n) is 4.12. The van der Waals surface area contributed by atoms with Gasteiger partial charge in [-0.1, -0.05) is 6.92 Å². The fourth-order valence-corrected chi connectivity index (χ4v) is 1.73. The Morgan fingerprint density at radius 2 is 2.36 bits per heavy atom. The number of hydrogen-bond acceptors (Lipinski definition) is 3. The quantitative estimate of drug-likeness (QED) is 0.697. The summed E-state index contributed by atoms with van der Waals surface area (Å²) in [7, 11) is 0. The van der Waals surface area contributed by atoms with E-state index < -0.39 is 5.97 Å². The second kappa shape index (κ2) is 5.32. The number of piperidine rings is 1. The molecular weight excluding hydrogens is 182 g/mol. The number of β-amino-alcohol motifs (C(OH)–C–C–N with tert-alkyl or cyclic N) is 1. The number of carboxylic acids is 1. The molecule has 1 rings (SSSR count). The molecule has 0 amide bonds. The Balaban J connectivity index is 2.20. The van der Waals surface area contributed by atoms with Crippen molar-refractivity contribution in [3.05, 3.63) is 0 Å². The van der Waals surface area contributed by atoms with Gasteiger partial charge in [0.15, 0.2) is 0 Å². The summed E-state index contributed by atoms with van der Waals surface area (Å²) in [6.07, 6.45) is 2.35. The van der Waals surface area contributed by atoms with Gasteiger partial charge in [-0.2, -0.15) is 0 Å². The van der Waals surface area contributed by atoms with Gasteiger partial charge in [0.1, 0.15) is 0 Å². The topological polar surface area (TPSA) is 60.8 Å². The van der Waals surface area contributed by atoms with Gasteiger partial charge >= 0.3 is 5.97 Å². The third kappa shape index (κ3) is 3.64. The van der Waals surface area contributed by atoms with Gasteiger partial charge in [0.05, 0.1) is 12.0 Å². The Kier molecular flexibility index (Phi) is 4.35.